The highest BCUT2D eigenvalue weighted by Crippen LogP contribution is 2.20. The molecule has 0 spiro atoms. The van der Waals surface area contributed by atoms with Gasteiger partial charge in [-0.15, -0.1) is 0 Å². The molecule has 0 atom stereocenters. The number of H-pyrrole nitrogens is 1. The fourth-order valence-electron chi connectivity index (χ4n) is 1.40. The lowest BCUT2D eigenvalue weighted by molar-refractivity contribution is 0.273. The standard InChI is InChI=1S/C10H9BrN2O3/c11-6-2-1-3-7(4-6)13-10(16)8(5-14)9(15)12-13/h1-4,14,16H,5H2,(H,12,15). The Morgan fingerprint density at radius 2 is 2.19 bits per heavy atom. The number of benzene rings is 1. The van der Waals surface area contributed by atoms with Crippen molar-refractivity contribution in [3.05, 3.63) is 44.7 Å². The summed E-state index contributed by atoms with van der Waals surface area (Å²) in [5, 5.41) is 21.1. The first kappa shape index (κ1) is 11.0. The van der Waals surface area contributed by atoms with Crippen LogP contribution in [0, 0.1) is 0 Å². The van der Waals surface area contributed by atoms with Crippen molar-refractivity contribution in [1.82, 2.24) is 9.78 Å². The van der Waals surface area contributed by atoms with Crippen LogP contribution < -0.4 is 5.56 Å². The van der Waals surface area contributed by atoms with E-state index in [1.165, 1.54) is 4.68 Å². The predicted octanol–water partition coefficient (Wildman–Crippen LogP) is 1.13. The summed E-state index contributed by atoms with van der Waals surface area (Å²) in [7, 11) is 0. The maximum Gasteiger partial charge on any atom is 0.273 e. The van der Waals surface area contributed by atoms with Crippen LogP contribution in [0.25, 0.3) is 5.69 Å². The molecule has 0 saturated heterocycles. The van der Waals surface area contributed by atoms with E-state index in [1.54, 1.807) is 18.2 Å². The molecule has 0 saturated carbocycles. The molecular weight excluding hydrogens is 276 g/mol. The monoisotopic (exact) mass is 284 g/mol. The van der Waals surface area contributed by atoms with Crippen molar-refractivity contribution in [2.24, 2.45) is 0 Å². The van der Waals surface area contributed by atoms with Crippen molar-refractivity contribution in [3.8, 4) is 11.6 Å². The van der Waals surface area contributed by atoms with Gasteiger partial charge in [0.2, 0.25) is 5.88 Å². The van der Waals surface area contributed by atoms with Crippen LogP contribution in [0.1, 0.15) is 5.56 Å². The lowest BCUT2D eigenvalue weighted by Gasteiger charge is -2.04. The minimum absolute atomic E-state index is 0.0417. The Bertz CT molecular complexity index is 574. The van der Waals surface area contributed by atoms with Gasteiger partial charge in [-0.25, -0.2) is 4.68 Å². The summed E-state index contributed by atoms with van der Waals surface area (Å²) >= 11 is 3.29. The Morgan fingerprint density at radius 3 is 2.75 bits per heavy atom. The number of halogens is 1. The lowest BCUT2D eigenvalue weighted by Crippen LogP contribution is -2.07. The van der Waals surface area contributed by atoms with Gasteiger partial charge in [0, 0.05) is 4.47 Å². The molecule has 2 aromatic rings. The van der Waals surface area contributed by atoms with E-state index in [1.807, 2.05) is 6.07 Å². The molecule has 0 aliphatic carbocycles. The molecule has 0 amide bonds. The van der Waals surface area contributed by atoms with Crippen LogP contribution in [0.15, 0.2) is 33.5 Å². The van der Waals surface area contributed by atoms with Crippen LogP contribution in [0.2, 0.25) is 0 Å². The average molecular weight is 285 g/mol. The van der Waals surface area contributed by atoms with Crippen molar-refractivity contribution in [2.75, 3.05) is 0 Å². The number of aliphatic hydroxyl groups is 1. The number of nitrogens with one attached hydrogen (secondary N) is 1. The molecule has 0 radical (unpaired) electrons. The SMILES string of the molecule is O=c1[nH]n(-c2cccc(Br)c2)c(O)c1CO. The number of aromatic amines is 1. The Labute approximate surface area is 99.1 Å². The van der Waals surface area contributed by atoms with Crippen molar-refractivity contribution in [3.63, 3.8) is 0 Å². The van der Waals surface area contributed by atoms with E-state index < -0.39 is 12.2 Å². The van der Waals surface area contributed by atoms with E-state index in [9.17, 15) is 9.90 Å². The number of aliphatic hydroxyl groups excluding tert-OH is 1. The van der Waals surface area contributed by atoms with Crippen LogP contribution in [0.4, 0.5) is 0 Å². The van der Waals surface area contributed by atoms with Gasteiger partial charge in [0.1, 0.15) is 5.56 Å². The zero-order chi connectivity index (χ0) is 11.7. The topological polar surface area (TPSA) is 78.2 Å². The normalized spacial score (nSPS) is 10.6. The second-order valence-electron chi connectivity index (χ2n) is 3.22. The summed E-state index contributed by atoms with van der Waals surface area (Å²) in [5.41, 5.74) is 0.0589. The van der Waals surface area contributed by atoms with E-state index in [0.29, 0.717) is 5.69 Å². The lowest BCUT2D eigenvalue weighted by atomic mass is 10.3. The zero-order valence-electron chi connectivity index (χ0n) is 8.14. The third-order valence-corrected chi connectivity index (χ3v) is 2.69. The predicted molar refractivity (Wildman–Crippen MR) is 61.7 cm³/mol. The third-order valence-electron chi connectivity index (χ3n) is 2.19. The Kier molecular flexibility index (Phi) is 2.84. The summed E-state index contributed by atoms with van der Waals surface area (Å²) in [6.07, 6.45) is 0. The Hall–Kier alpha value is -1.53. The van der Waals surface area contributed by atoms with Crippen LogP contribution in [0.5, 0.6) is 5.88 Å². The smallest absolute Gasteiger partial charge is 0.273 e. The van der Waals surface area contributed by atoms with Gasteiger partial charge in [-0.3, -0.25) is 9.89 Å². The number of aromatic nitrogens is 2. The summed E-state index contributed by atoms with van der Waals surface area (Å²) in [5.74, 6) is -0.273. The van der Waals surface area contributed by atoms with Gasteiger partial charge >= 0.3 is 0 Å². The van der Waals surface area contributed by atoms with Gasteiger partial charge in [-0.05, 0) is 18.2 Å². The van der Waals surface area contributed by atoms with Gasteiger partial charge in [0.25, 0.3) is 5.56 Å². The molecule has 0 unspecified atom stereocenters. The maximum atomic E-state index is 11.3. The van der Waals surface area contributed by atoms with Crippen molar-refractivity contribution < 1.29 is 10.2 Å². The van der Waals surface area contributed by atoms with Gasteiger partial charge in [-0.1, -0.05) is 22.0 Å². The molecule has 84 valence electrons. The summed E-state index contributed by atoms with van der Waals surface area (Å²) in [6.45, 7) is -0.498. The van der Waals surface area contributed by atoms with Crippen LogP contribution in [-0.2, 0) is 6.61 Å². The highest BCUT2D eigenvalue weighted by atomic mass is 79.9. The molecule has 1 heterocycles. The number of hydrogen-bond donors (Lipinski definition) is 3. The zero-order valence-corrected chi connectivity index (χ0v) is 9.73. The number of aromatic hydroxyl groups is 1. The van der Waals surface area contributed by atoms with E-state index in [0.717, 1.165) is 4.47 Å². The fourth-order valence-corrected chi connectivity index (χ4v) is 1.79. The molecule has 0 fully saturated rings. The van der Waals surface area contributed by atoms with Gasteiger partial charge in [-0.2, -0.15) is 0 Å². The number of nitrogens with zero attached hydrogens (tertiary/aromatic N) is 1. The first-order valence-electron chi connectivity index (χ1n) is 4.53. The largest absolute Gasteiger partial charge is 0.493 e. The first-order chi connectivity index (χ1) is 7.63. The molecule has 0 aliphatic rings. The summed E-state index contributed by atoms with van der Waals surface area (Å²) < 4.78 is 2.04. The van der Waals surface area contributed by atoms with Gasteiger partial charge in [0.05, 0.1) is 12.3 Å². The molecule has 5 nitrogen and oxygen atoms in total. The van der Waals surface area contributed by atoms with E-state index in [2.05, 4.69) is 21.0 Å². The minimum Gasteiger partial charge on any atom is -0.493 e. The fraction of sp³-hybridized carbons (Fsp3) is 0.100. The van der Waals surface area contributed by atoms with Crippen LogP contribution >= 0.6 is 15.9 Å². The van der Waals surface area contributed by atoms with Crippen molar-refractivity contribution >= 4 is 15.9 Å². The molecule has 16 heavy (non-hydrogen) atoms. The first-order valence-corrected chi connectivity index (χ1v) is 5.32. The minimum atomic E-state index is -0.500. The molecule has 3 N–H and O–H groups in total. The average Bonchev–Trinajstić information content (AvgIpc) is 2.54. The molecule has 1 aromatic heterocycles. The molecule has 2 rings (SSSR count). The highest BCUT2D eigenvalue weighted by molar-refractivity contribution is 9.10. The Morgan fingerprint density at radius 1 is 1.44 bits per heavy atom. The molecular formula is C10H9BrN2O3. The third kappa shape index (κ3) is 1.77. The second-order valence-corrected chi connectivity index (χ2v) is 4.13. The molecule has 6 heteroatoms. The molecule has 0 aliphatic heterocycles. The van der Waals surface area contributed by atoms with Crippen LogP contribution in [0.3, 0.4) is 0 Å². The van der Waals surface area contributed by atoms with E-state index >= 15 is 0 Å². The number of rotatable bonds is 2. The molecule has 0 bridgehead atoms. The summed E-state index contributed by atoms with van der Waals surface area (Å²) in [4.78, 5) is 11.3. The quantitative estimate of drug-likeness (QED) is 0.774. The highest BCUT2D eigenvalue weighted by Gasteiger charge is 2.13. The Balaban J connectivity index is 2.61. The number of hydrogen-bond acceptors (Lipinski definition) is 3. The van der Waals surface area contributed by atoms with E-state index in [-0.39, 0.29) is 11.4 Å². The van der Waals surface area contributed by atoms with Crippen molar-refractivity contribution in [2.45, 2.75) is 6.61 Å². The van der Waals surface area contributed by atoms with Crippen molar-refractivity contribution in [1.29, 1.82) is 0 Å². The summed E-state index contributed by atoms with van der Waals surface area (Å²) in [6, 6.07) is 7.06. The molecule has 1 aromatic carbocycles. The van der Waals surface area contributed by atoms with Gasteiger partial charge in [0.15, 0.2) is 0 Å². The second kappa shape index (κ2) is 4.15. The van der Waals surface area contributed by atoms with E-state index in [4.69, 9.17) is 5.11 Å². The van der Waals surface area contributed by atoms with Crippen LogP contribution in [-0.4, -0.2) is 20.0 Å². The van der Waals surface area contributed by atoms with Gasteiger partial charge < -0.3 is 10.2 Å². The maximum absolute atomic E-state index is 11.3.